The SMILES string of the molecule is CCC[C@H](NC(=O)[C@@H]1C2CCCC2CN1C(=O)C(NC(=O)[C@@H](NC(=O)c1cnccn1)C1CCCCC1)C(C)(C)C)C(=O)C(=O)NC1CC1. The molecule has 0 aromatic carbocycles. The summed E-state index contributed by atoms with van der Waals surface area (Å²) in [6.07, 6.45) is 13.9. The molecule has 3 aliphatic carbocycles. The predicted molar refractivity (Wildman–Crippen MR) is 181 cm³/mol. The number of ketones is 1. The van der Waals surface area contributed by atoms with Crippen molar-refractivity contribution in [1.82, 2.24) is 36.1 Å². The zero-order chi connectivity index (χ0) is 35.3. The maximum atomic E-state index is 14.6. The number of carbonyl (C=O) groups is 6. The third-order valence-corrected chi connectivity index (χ3v) is 10.7. The van der Waals surface area contributed by atoms with E-state index in [1.54, 1.807) is 4.90 Å². The summed E-state index contributed by atoms with van der Waals surface area (Å²) in [5, 5.41) is 11.5. The summed E-state index contributed by atoms with van der Waals surface area (Å²) in [4.78, 5) is 91.4. The molecule has 1 saturated heterocycles. The van der Waals surface area contributed by atoms with Crippen LogP contribution in [0.5, 0.6) is 0 Å². The largest absolute Gasteiger partial charge is 0.347 e. The predicted octanol–water partition coefficient (Wildman–Crippen LogP) is 2.45. The van der Waals surface area contributed by atoms with E-state index in [2.05, 4.69) is 31.2 Å². The number of hydrogen-bond donors (Lipinski definition) is 4. The van der Waals surface area contributed by atoms with Gasteiger partial charge in [0.2, 0.25) is 23.5 Å². The average molecular weight is 680 g/mol. The zero-order valence-electron chi connectivity index (χ0n) is 29.3. The van der Waals surface area contributed by atoms with E-state index < -0.39 is 59.0 Å². The van der Waals surface area contributed by atoms with Crippen molar-refractivity contribution in [2.75, 3.05) is 6.54 Å². The van der Waals surface area contributed by atoms with Gasteiger partial charge in [-0.3, -0.25) is 33.8 Å². The molecule has 2 heterocycles. The number of aromatic nitrogens is 2. The molecule has 13 nitrogen and oxygen atoms in total. The smallest absolute Gasteiger partial charge is 0.289 e. The van der Waals surface area contributed by atoms with E-state index in [1.165, 1.54) is 18.6 Å². The molecule has 5 rings (SSSR count). The van der Waals surface area contributed by atoms with Gasteiger partial charge in [-0.15, -0.1) is 0 Å². The van der Waals surface area contributed by atoms with E-state index in [4.69, 9.17) is 0 Å². The molecule has 4 fully saturated rings. The molecule has 0 radical (unpaired) electrons. The van der Waals surface area contributed by atoms with Crippen molar-refractivity contribution in [2.45, 2.75) is 135 Å². The lowest BCUT2D eigenvalue weighted by Crippen LogP contribution is -2.62. The fourth-order valence-electron chi connectivity index (χ4n) is 7.87. The van der Waals surface area contributed by atoms with Crippen molar-refractivity contribution in [1.29, 1.82) is 0 Å². The van der Waals surface area contributed by atoms with Crippen molar-refractivity contribution in [3.05, 3.63) is 24.3 Å². The zero-order valence-corrected chi connectivity index (χ0v) is 29.3. The van der Waals surface area contributed by atoms with Crippen LogP contribution in [0, 0.1) is 23.2 Å². The first kappa shape index (κ1) is 36.4. The summed E-state index contributed by atoms with van der Waals surface area (Å²) >= 11 is 0. The fraction of sp³-hybridized carbons (Fsp3) is 0.722. The number of hydrogen-bond acceptors (Lipinski definition) is 8. The number of likely N-dealkylation sites (tertiary alicyclic amines) is 1. The van der Waals surface area contributed by atoms with Gasteiger partial charge in [-0.1, -0.05) is 59.8 Å². The van der Waals surface area contributed by atoms with Crippen molar-refractivity contribution in [3.8, 4) is 0 Å². The summed E-state index contributed by atoms with van der Waals surface area (Å²) in [5.74, 6) is -3.20. The van der Waals surface area contributed by atoms with E-state index in [9.17, 15) is 28.8 Å². The maximum absolute atomic E-state index is 14.6. The Labute approximate surface area is 288 Å². The second-order valence-corrected chi connectivity index (χ2v) is 15.5. The topological polar surface area (TPSA) is 180 Å². The number of fused-ring (bicyclic) bond motifs is 1. The summed E-state index contributed by atoms with van der Waals surface area (Å²) in [6, 6.07) is -3.68. The molecule has 0 bridgehead atoms. The van der Waals surface area contributed by atoms with Gasteiger partial charge in [0, 0.05) is 25.0 Å². The Morgan fingerprint density at radius 2 is 1.63 bits per heavy atom. The minimum atomic E-state index is -0.994. The minimum Gasteiger partial charge on any atom is -0.347 e. The standard InChI is InChI=1S/C36H53N7O6/c1-5-10-25(29(44)34(48)39-23-15-16-23)40-33(47)28-24-14-9-13-22(24)20-43(28)35(49)30(36(2,3)4)42-32(46)27(21-11-7-6-8-12-21)41-31(45)26-19-37-17-18-38-26/h17-19,21-25,27-28,30H,5-16,20H2,1-4H3,(H,39,48)(H,40,47)(H,41,45)(H,42,46)/t22?,24?,25-,27-,28-,30?/m0/s1. The normalized spacial score (nSPS) is 24.2. The van der Waals surface area contributed by atoms with Gasteiger partial charge in [-0.2, -0.15) is 0 Å². The molecule has 4 aliphatic rings. The van der Waals surface area contributed by atoms with Crippen LogP contribution in [0.1, 0.15) is 115 Å². The highest BCUT2D eigenvalue weighted by Gasteiger charge is 2.52. The summed E-state index contributed by atoms with van der Waals surface area (Å²) < 4.78 is 0. The van der Waals surface area contributed by atoms with Crippen molar-refractivity contribution in [2.24, 2.45) is 23.2 Å². The van der Waals surface area contributed by atoms with Crippen LogP contribution in [0.2, 0.25) is 0 Å². The van der Waals surface area contributed by atoms with E-state index in [-0.39, 0.29) is 35.4 Å². The Hall–Kier alpha value is -3.90. The molecular formula is C36H53N7O6. The van der Waals surface area contributed by atoms with Gasteiger partial charge in [0.1, 0.15) is 23.8 Å². The minimum absolute atomic E-state index is 0.0132. The third-order valence-electron chi connectivity index (χ3n) is 10.7. The van der Waals surface area contributed by atoms with Crippen molar-refractivity contribution < 1.29 is 28.8 Å². The Kier molecular flexibility index (Phi) is 11.7. The molecule has 268 valence electrons. The quantitative estimate of drug-likeness (QED) is 0.230. The third kappa shape index (κ3) is 8.83. The van der Waals surface area contributed by atoms with Crippen LogP contribution in [0.15, 0.2) is 18.6 Å². The van der Waals surface area contributed by atoms with Crippen molar-refractivity contribution >= 4 is 35.3 Å². The molecular weight excluding hydrogens is 626 g/mol. The number of nitrogens with one attached hydrogen (secondary N) is 4. The molecule has 1 aromatic rings. The molecule has 6 atom stereocenters. The lowest BCUT2D eigenvalue weighted by atomic mass is 9.82. The second kappa shape index (κ2) is 15.8. The van der Waals surface area contributed by atoms with Crippen LogP contribution in [0.4, 0.5) is 0 Å². The number of amides is 5. The van der Waals surface area contributed by atoms with Crippen LogP contribution in [0.25, 0.3) is 0 Å². The van der Waals surface area contributed by atoms with Crippen molar-refractivity contribution in [3.63, 3.8) is 0 Å². The average Bonchev–Trinajstić information content (AvgIpc) is 3.65. The van der Waals surface area contributed by atoms with Crippen LogP contribution in [0.3, 0.4) is 0 Å². The number of nitrogens with zero attached hydrogens (tertiary/aromatic N) is 3. The van der Waals surface area contributed by atoms with E-state index in [1.807, 2.05) is 27.7 Å². The Morgan fingerprint density at radius 1 is 0.898 bits per heavy atom. The summed E-state index contributed by atoms with van der Waals surface area (Å²) in [5.41, 5.74) is -0.638. The van der Waals surface area contributed by atoms with Crippen LogP contribution < -0.4 is 21.3 Å². The van der Waals surface area contributed by atoms with Gasteiger partial charge in [0.05, 0.1) is 12.2 Å². The fourth-order valence-corrected chi connectivity index (χ4v) is 7.87. The van der Waals surface area contributed by atoms with Gasteiger partial charge in [-0.05, 0) is 68.1 Å². The molecule has 13 heteroatoms. The molecule has 3 unspecified atom stereocenters. The Bertz CT molecular complexity index is 1390. The lowest BCUT2D eigenvalue weighted by molar-refractivity contribution is -0.146. The second-order valence-electron chi connectivity index (χ2n) is 15.5. The molecule has 49 heavy (non-hydrogen) atoms. The van der Waals surface area contributed by atoms with E-state index >= 15 is 0 Å². The first-order valence-electron chi connectivity index (χ1n) is 18.2. The van der Waals surface area contributed by atoms with Gasteiger partial charge >= 0.3 is 0 Å². The van der Waals surface area contributed by atoms with Gasteiger partial charge in [0.15, 0.2) is 0 Å². The van der Waals surface area contributed by atoms with Crippen LogP contribution in [-0.4, -0.2) is 86.9 Å². The summed E-state index contributed by atoms with van der Waals surface area (Å²) in [7, 11) is 0. The highest BCUT2D eigenvalue weighted by Crippen LogP contribution is 2.43. The number of Topliss-reactive ketones (excluding diaryl/α,β-unsaturated/α-hetero) is 1. The molecule has 0 spiro atoms. The Morgan fingerprint density at radius 3 is 2.27 bits per heavy atom. The molecule has 1 aliphatic heterocycles. The van der Waals surface area contributed by atoms with E-state index in [0.29, 0.717) is 19.4 Å². The summed E-state index contributed by atoms with van der Waals surface area (Å²) in [6.45, 7) is 7.85. The first-order valence-corrected chi connectivity index (χ1v) is 18.2. The monoisotopic (exact) mass is 679 g/mol. The highest BCUT2D eigenvalue weighted by molar-refractivity contribution is 6.38. The number of carbonyl (C=O) groups excluding carboxylic acids is 6. The lowest BCUT2D eigenvalue weighted by Gasteiger charge is -2.38. The first-order chi connectivity index (χ1) is 23.4. The molecule has 1 aromatic heterocycles. The van der Waals surface area contributed by atoms with Gasteiger partial charge in [0.25, 0.3) is 11.8 Å². The Balaban J connectivity index is 1.36. The van der Waals surface area contributed by atoms with Crippen LogP contribution >= 0.6 is 0 Å². The van der Waals surface area contributed by atoms with Gasteiger partial charge < -0.3 is 26.2 Å². The number of rotatable bonds is 13. The van der Waals surface area contributed by atoms with E-state index in [0.717, 1.165) is 64.2 Å². The molecule has 4 N–H and O–H groups in total. The van der Waals surface area contributed by atoms with Gasteiger partial charge in [-0.25, -0.2) is 4.98 Å². The van der Waals surface area contributed by atoms with Crippen LogP contribution in [-0.2, 0) is 24.0 Å². The maximum Gasteiger partial charge on any atom is 0.289 e. The molecule has 5 amide bonds. The molecule has 3 saturated carbocycles. The highest BCUT2D eigenvalue weighted by atomic mass is 16.2.